The number of aromatic nitrogens is 2. The highest BCUT2D eigenvalue weighted by Gasteiger charge is 2.40. The Morgan fingerprint density at radius 2 is 1.92 bits per heavy atom. The second kappa shape index (κ2) is 18.3. The summed E-state index contributed by atoms with van der Waals surface area (Å²) in [5.41, 5.74) is 0.889. The fourth-order valence-corrected chi connectivity index (χ4v) is 8.32. The molecule has 16 heteroatoms. The van der Waals surface area contributed by atoms with Gasteiger partial charge in [-0.1, -0.05) is 25.1 Å². The van der Waals surface area contributed by atoms with Crippen molar-refractivity contribution in [3.63, 3.8) is 0 Å². The van der Waals surface area contributed by atoms with E-state index in [2.05, 4.69) is 55.0 Å². The van der Waals surface area contributed by atoms with Crippen LogP contribution in [0.3, 0.4) is 0 Å². The van der Waals surface area contributed by atoms with Crippen LogP contribution in [-0.4, -0.2) is 68.8 Å². The molecule has 2 N–H and O–H groups in total. The van der Waals surface area contributed by atoms with E-state index in [1.54, 1.807) is 18.0 Å². The number of aryl methyl sites for hydroxylation is 1. The van der Waals surface area contributed by atoms with Crippen LogP contribution in [0.25, 0.3) is 21.6 Å². The number of nitrogens with one attached hydrogen (secondary N) is 2. The predicted molar refractivity (Wildman–Crippen MR) is 203 cm³/mol. The van der Waals surface area contributed by atoms with E-state index in [9.17, 15) is 31.8 Å². The zero-order valence-corrected chi connectivity index (χ0v) is 33.1. The fraction of sp³-hybridized carbons (Fsp3) is 0.541. The number of fused-ring (bicyclic) bond motifs is 1. The Kier molecular flexibility index (Phi) is 14.1. The molecule has 288 valence electrons. The molecule has 1 aromatic carbocycles. The molecule has 0 spiro atoms. The van der Waals surface area contributed by atoms with E-state index in [-0.39, 0.29) is 40.1 Å². The van der Waals surface area contributed by atoms with Crippen LogP contribution < -0.4 is 14.8 Å². The van der Waals surface area contributed by atoms with Crippen LogP contribution in [0.15, 0.2) is 40.2 Å². The number of nitrogens with zero attached hydrogens (tertiary/aromatic N) is 3. The highest BCUT2D eigenvalue weighted by atomic mass is 79.9. The first-order valence-electron chi connectivity index (χ1n) is 17.8. The second-order valence-electron chi connectivity index (χ2n) is 14.0. The number of hydrogen-bond acceptors (Lipinski definition) is 8. The third kappa shape index (κ3) is 11.3. The lowest BCUT2D eigenvalue weighted by Gasteiger charge is -2.34. The Morgan fingerprint density at radius 1 is 1.15 bits per heavy atom. The van der Waals surface area contributed by atoms with E-state index in [0.29, 0.717) is 35.7 Å². The lowest BCUT2D eigenvalue weighted by molar-refractivity contribution is -0.140. The average Bonchev–Trinajstić information content (AvgIpc) is 4.05. The number of unbranched alkanes of at least 4 members (excludes halogenated alkanes) is 2. The smallest absolute Gasteiger partial charge is 0.434 e. The third-order valence-electron chi connectivity index (χ3n) is 9.72. The zero-order chi connectivity index (χ0) is 38.3. The van der Waals surface area contributed by atoms with Gasteiger partial charge < -0.3 is 15.0 Å². The summed E-state index contributed by atoms with van der Waals surface area (Å²) in [6.07, 6.45) is 8.92. The van der Waals surface area contributed by atoms with Gasteiger partial charge in [0.25, 0.3) is 0 Å². The average molecular weight is 841 g/mol. The molecule has 3 saturated carbocycles. The zero-order valence-electron chi connectivity index (χ0n) is 29.9. The maximum absolute atomic E-state index is 13.4. The molecule has 3 amide bonds. The van der Waals surface area contributed by atoms with Crippen LogP contribution >= 0.6 is 27.3 Å². The Hall–Kier alpha value is -3.37. The van der Waals surface area contributed by atoms with E-state index in [0.717, 1.165) is 96.5 Å². The van der Waals surface area contributed by atoms with Crippen LogP contribution in [0.5, 0.6) is 5.75 Å². The quantitative estimate of drug-likeness (QED) is 0.0921. The number of allylic oxidation sites excluding steroid dienone is 1. The van der Waals surface area contributed by atoms with Gasteiger partial charge in [-0.15, -0.1) is 11.3 Å². The largest absolute Gasteiger partial charge is 0.490 e. The molecule has 6 atom stereocenters. The molecule has 10 nitrogen and oxygen atoms in total. The maximum atomic E-state index is 13.4. The number of amides is 3. The molecule has 2 heterocycles. The van der Waals surface area contributed by atoms with Gasteiger partial charge in [-0.25, -0.2) is 14.2 Å². The molecule has 0 aliphatic heterocycles. The van der Waals surface area contributed by atoms with E-state index < -0.39 is 22.9 Å². The summed E-state index contributed by atoms with van der Waals surface area (Å²) in [5.74, 6) is 0.932. The Bertz CT molecular complexity index is 1820. The molecule has 3 aromatic rings. The van der Waals surface area contributed by atoms with Crippen molar-refractivity contribution in [1.29, 1.82) is 0 Å². The van der Waals surface area contributed by atoms with Gasteiger partial charge in [-0.05, 0) is 104 Å². The number of hydrogen-bond donors (Lipinski definition) is 2. The summed E-state index contributed by atoms with van der Waals surface area (Å²) in [6, 6.07) is 5.66. The highest BCUT2D eigenvalue weighted by Crippen LogP contribution is 2.41. The normalized spacial score (nSPS) is 23.1. The minimum Gasteiger partial charge on any atom is -0.490 e. The molecule has 53 heavy (non-hydrogen) atoms. The molecular weight excluding hydrogens is 795 g/mol. The lowest BCUT2D eigenvalue weighted by Crippen LogP contribution is -2.41. The second-order valence-corrected chi connectivity index (χ2v) is 17.2. The number of ether oxygens (including phenoxy) is 1. The Morgan fingerprint density at radius 3 is 2.60 bits per heavy atom. The standard InChI is InChI=1S/C33H38BrF3N4O3S.C4H7NO2S/c1-19-9-11-22(15-24(19)31(43)39-25-14-21(25)8-6-4-5-7-13-41(3)18-42)44-27-16-26(32-40-28(17-45-32)33(35,36)37)38-30-23(27)12-10-20(2)29(30)34;6-3-5-8(7)4-1-2-4/h6,8,10,12,16-19,21-22,24-25H,4-5,7,9,11,13-15H2,1-3H3,(H,39,43);3-4H,1-2H2,(H,5,6)/b8-6-;/t19-,21-,22+,24?,25?;/m1./s1. The van der Waals surface area contributed by atoms with E-state index in [1.807, 2.05) is 19.1 Å². The van der Waals surface area contributed by atoms with E-state index >= 15 is 0 Å². The summed E-state index contributed by atoms with van der Waals surface area (Å²) in [5, 5.41) is 5.40. The molecule has 0 saturated heterocycles. The third-order valence-corrected chi connectivity index (χ3v) is 13.0. The molecule has 3 aliphatic rings. The molecule has 0 radical (unpaired) electrons. The number of carbonyl (C=O) groups excluding carboxylic acids is 3. The van der Waals surface area contributed by atoms with Crippen LogP contribution in [0.4, 0.5) is 13.2 Å². The van der Waals surface area contributed by atoms with Crippen LogP contribution in [0.2, 0.25) is 0 Å². The first-order valence-corrected chi connectivity index (χ1v) is 20.7. The van der Waals surface area contributed by atoms with Gasteiger partial charge in [0.15, 0.2) is 5.69 Å². The SMILES string of the molecule is Cc1ccc2c(O[C@H]3CC[C@@H](C)C(C(=O)NC4C[C@H]4/C=C\CCCCN(C)C=O)C3)cc(-c3nc(C(F)(F)F)cs3)nc2c1Br.O=CNS(=O)C1CC1. The maximum Gasteiger partial charge on any atom is 0.434 e. The van der Waals surface area contributed by atoms with Gasteiger partial charge in [0.1, 0.15) is 27.4 Å². The number of benzene rings is 1. The number of alkyl halides is 3. The number of halogens is 4. The predicted octanol–water partition coefficient (Wildman–Crippen LogP) is 7.51. The monoisotopic (exact) mass is 839 g/mol. The summed E-state index contributed by atoms with van der Waals surface area (Å²) >= 11 is 4.50. The summed E-state index contributed by atoms with van der Waals surface area (Å²) in [6.45, 7) is 4.79. The van der Waals surface area contributed by atoms with Crippen molar-refractivity contribution in [2.45, 2.75) is 95.2 Å². The highest BCUT2D eigenvalue weighted by molar-refractivity contribution is 9.10. The number of carbonyl (C=O) groups is 3. The summed E-state index contributed by atoms with van der Waals surface area (Å²) in [4.78, 5) is 43.8. The number of thiazole rings is 1. The van der Waals surface area contributed by atoms with Gasteiger partial charge in [0.05, 0.1) is 16.9 Å². The molecule has 3 unspecified atom stereocenters. The lowest BCUT2D eigenvalue weighted by atomic mass is 9.78. The number of pyridine rings is 1. The molecule has 6 rings (SSSR count). The van der Waals surface area contributed by atoms with Gasteiger partial charge in [0.2, 0.25) is 18.7 Å². The van der Waals surface area contributed by atoms with Crippen molar-refractivity contribution in [1.82, 2.24) is 24.9 Å². The van der Waals surface area contributed by atoms with Gasteiger partial charge in [-0.3, -0.25) is 19.1 Å². The van der Waals surface area contributed by atoms with Gasteiger partial charge in [-0.2, -0.15) is 13.2 Å². The minimum atomic E-state index is -4.54. The first kappa shape index (κ1) is 40.8. The Balaban J connectivity index is 0.000000599. The molecular formula is C37H45BrF3N5O5S2. The summed E-state index contributed by atoms with van der Waals surface area (Å²) in [7, 11) is 0.700. The first-order chi connectivity index (χ1) is 25.3. The molecule has 3 aliphatic carbocycles. The van der Waals surface area contributed by atoms with E-state index in [1.165, 1.54) is 0 Å². The Labute approximate surface area is 322 Å². The van der Waals surface area contributed by atoms with Crippen LogP contribution in [0.1, 0.15) is 76.0 Å². The van der Waals surface area contributed by atoms with Gasteiger partial charge in [0, 0.05) is 46.9 Å². The van der Waals surface area contributed by atoms with Crippen LogP contribution in [0, 0.1) is 24.7 Å². The van der Waals surface area contributed by atoms with Crippen molar-refractivity contribution in [2.24, 2.45) is 17.8 Å². The molecule has 0 bridgehead atoms. The van der Waals surface area contributed by atoms with Gasteiger partial charge >= 0.3 is 6.18 Å². The van der Waals surface area contributed by atoms with E-state index in [4.69, 9.17) is 4.74 Å². The molecule has 2 aromatic heterocycles. The molecule has 3 fully saturated rings. The number of rotatable bonds is 15. The summed E-state index contributed by atoms with van der Waals surface area (Å²) < 4.78 is 59.9. The fourth-order valence-electron chi connectivity index (χ4n) is 6.25. The van der Waals surface area contributed by atoms with Crippen molar-refractivity contribution in [3.8, 4) is 16.5 Å². The van der Waals surface area contributed by atoms with Crippen molar-refractivity contribution >= 4 is 67.9 Å². The van der Waals surface area contributed by atoms with Crippen molar-refractivity contribution in [3.05, 3.63) is 51.5 Å². The minimum absolute atomic E-state index is 0.0507. The van der Waals surface area contributed by atoms with Crippen LogP contribution in [-0.2, 0) is 31.5 Å². The van der Waals surface area contributed by atoms with Crippen molar-refractivity contribution in [2.75, 3.05) is 13.6 Å². The van der Waals surface area contributed by atoms with Crippen molar-refractivity contribution < 1.29 is 36.5 Å². The topological polar surface area (TPSA) is 131 Å².